The first-order chi connectivity index (χ1) is 13.1. The lowest BCUT2D eigenvalue weighted by molar-refractivity contribution is 0.0925. The summed E-state index contributed by atoms with van der Waals surface area (Å²) in [6.07, 6.45) is 0. The van der Waals surface area contributed by atoms with E-state index in [4.69, 9.17) is 0 Å². The van der Waals surface area contributed by atoms with Crippen molar-refractivity contribution in [3.8, 4) is 0 Å². The number of hydrogen-bond acceptors (Lipinski definition) is 3. The molecule has 1 heterocycles. The number of hydrogen-bond donors (Lipinski definition) is 1. The van der Waals surface area contributed by atoms with Crippen LogP contribution < -0.4 is 10.2 Å². The number of imide groups is 1. The lowest BCUT2D eigenvalue weighted by Crippen LogP contribution is -2.29. The van der Waals surface area contributed by atoms with E-state index < -0.39 is 0 Å². The van der Waals surface area contributed by atoms with Gasteiger partial charge in [-0.25, -0.2) is 4.90 Å². The summed E-state index contributed by atoms with van der Waals surface area (Å²) >= 11 is 0. The molecule has 27 heavy (non-hydrogen) atoms. The van der Waals surface area contributed by atoms with E-state index >= 15 is 0 Å². The molecule has 0 fully saturated rings. The van der Waals surface area contributed by atoms with Gasteiger partial charge in [-0.05, 0) is 48.9 Å². The zero-order valence-corrected chi connectivity index (χ0v) is 14.6. The maximum atomic E-state index is 12.6. The highest BCUT2D eigenvalue weighted by Crippen LogP contribution is 2.29. The summed E-state index contributed by atoms with van der Waals surface area (Å²) in [5.74, 6) is -0.969. The standard InChI is InChI=1S/C22H16N2O3/c1-14-7-2-3-10-17(14)20(25)23-15-8-6-9-16(13-15)24-21(26)18-11-4-5-12-19(18)22(24)27/h2-13H,1H3,(H,23,25). The van der Waals surface area contributed by atoms with Crippen molar-refractivity contribution in [3.63, 3.8) is 0 Å². The van der Waals surface area contributed by atoms with Crippen LogP contribution in [0.25, 0.3) is 0 Å². The Hall–Kier alpha value is -3.73. The van der Waals surface area contributed by atoms with Crippen LogP contribution >= 0.6 is 0 Å². The molecule has 0 saturated heterocycles. The number of aryl methyl sites for hydroxylation is 1. The number of amides is 3. The first-order valence-corrected chi connectivity index (χ1v) is 8.51. The average molecular weight is 356 g/mol. The van der Waals surface area contributed by atoms with E-state index in [1.165, 1.54) is 0 Å². The molecular weight excluding hydrogens is 340 g/mol. The molecule has 0 bridgehead atoms. The molecule has 0 atom stereocenters. The van der Waals surface area contributed by atoms with E-state index in [2.05, 4.69) is 5.32 Å². The molecule has 0 radical (unpaired) electrons. The maximum absolute atomic E-state index is 12.6. The first kappa shape index (κ1) is 16.7. The van der Waals surface area contributed by atoms with Gasteiger partial charge in [0.1, 0.15) is 0 Å². The van der Waals surface area contributed by atoms with Crippen molar-refractivity contribution in [2.24, 2.45) is 0 Å². The third kappa shape index (κ3) is 2.89. The van der Waals surface area contributed by atoms with Gasteiger partial charge in [-0.15, -0.1) is 0 Å². The van der Waals surface area contributed by atoms with Gasteiger partial charge in [0.2, 0.25) is 0 Å². The lowest BCUT2D eigenvalue weighted by atomic mass is 10.1. The Bertz CT molecular complexity index is 1050. The quantitative estimate of drug-likeness (QED) is 0.720. The summed E-state index contributed by atoms with van der Waals surface area (Å²) in [6, 6.07) is 20.7. The fraction of sp³-hybridized carbons (Fsp3) is 0.0455. The van der Waals surface area contributed by atoms with Crippen molar-refractivity contribution < 1.29 is 14.4 Å². The molecule has 1 aliphatic rings. The summed E-state index contributed by atoms with van der Waals surface area (Å²) in [5.41, 5.74) is 3.14. The number of rotatable bonds is 3. The fourth-order valence-electron chi connectivity index (χ4n) is 3.17. The number of fused-ring (bicyclic) bond motifs is 1. The van der Waals surface area contributed by atoms with Gasteiger partial charge in [-0.3, -0.25) is 14.4 Å². The monoisotopic (exact) mass is 356 g/mol. The zero-order chi connectivity index (χ0) is 19.0. The molecule has 3 aromatic rings. The Morgan fingerprint density at radius 1 is 0.815 bits per heavy atom. The third-order valence-electron chi connectivity index (χ3n) is 4.55. The summed E-state index contributed by atoms with van der Waals surface area (Å²) in [6.45, 7) is 1.87. The highest BCUT2D eigenvalue weighted by atomic mass is 16.2. The molecule has 0 aliphatic carbocycles. The van der Waals surface area contributed by atoms with Crippen molar-refractivity contribution in [1.82, 2.24) is 0 Å². The fourth-order valence-corrected chi connectivity index (χ4v) is 3.17. The lowest BCUT2D eigenvalue weighted by Gasteiger charge is -2.15. The van der Waals surface area contributed by atoms with Crippen molar-refractivity contribution >= 4 is 29.1 Å². The van der Waals surface area contributed by atoms with Crippen LogP contribution in [0.15, 0.2) is 72.8 Å². The van der Waals surface area contributed by atoms with Gasteiger partial charge >= 0.3 is 0 Å². The minimum absolute atomic E-state index is 0.243. The Kier molecular flexibility index (Phi) is 4.05. The SMILES string of the molecule is Cc1ccccc1C(=O)Nc1cccc(N2C(=O)c3ccccc3C2=O)c1. The Balaban J connectivity index is 1.63. The molecule has 0 saturated carbocycles. The van der Waals surface area contributed by atoms with E-state index in [0.29, 0.717) is 28.1 Å². The van der Waals surface area contributed by atoms with Crippen LogP contribution in [-0.4, -0.2) is 17.7 Å². The third-order valence-corrected chi connectivity index (χ3v) is 4.55. The molecule has 5 nitrogen and oxygen atoms in total. The van der Waals surface area contributed by atoms with Crippen LogP contribution in [-0.2, 0) is 0 Å². The smallest absolute Gasteiger partial charge is 0.266 e. The van der Waals surface area contributed by atoms with Crippen molar-refractivity contribution in [2.45, 2.75) is 6.92 Å². The molecule has 0 aromatic heterocycles. The van der Waals surface area contributed by atoms with Gasteiger partial charge in [0.05, 0.1) is 16.8 Å². The Morgan fingerprint density at radius 3 is 2.11 bits per heavy atom. The van der Waals surface area contributed by atoms with E-state index in [0.717, 1.165) is 10.5 Å². The van der Waals surface area contributed by atoms with Crippen molar-refractivity contribution in [3.05, 3.63) is 95.1 Å². The topological polar surface area (TPSA) is 66.5 Å². The van der Waals surface area contributed by atoms with Crippen LogP contribution in [0.3, 0.4) is 0 Å². The minimum Gasteiger partial charge on any atom is -0.322 e. The zero-order valence-electron chi connectivity index (χ0n) is 14.6. The Labute approximate surface area is 156 Å². The number of nitrogens with zero attached hydrogens (tertiary/aromatic N) is 1. The molecule has 3 aromatic carbocycles. The second-order valence-corrected chi connectivity index (χ2v) is 6.31. The number of benzene rings is 3. The van der Waals surface area contributed by atoms with E-state index in [9.17, 15) is 14.4 Å². The van der Waals surface area contributed by atoms with Gasteiger partial charge in [-0.1, -0.05) is 36.4 Å². The molecule has 1 aliphatic heterocycles. The second-order valence-electron chi connectivity index (χ2n) is 6.31. The second kappa shape index (κ2) is 6.53. The molecule has 0 unspecified atom stereocenters. The van der Waals surface area contributed by atoms with Crippen LogP contribution in [0.4, 0.5) is 11.4 Å². The van der Waals surface area contributed by atoms with Gasteiger partial charge in [0.25, 0.3) is 17.7 Å². The summed E-state index contributed by atoms with van der Waals surface area (Å²) in [5, 5.41) is 2.83. The number of carbonyl (C=O) groups excluding carboxylic acids is 3. The average Bonchev–Trinajstić information content (AvgIpc) is 2.93. The largest absolute Gasteiger partial charge is 0.322 e. The Morgan fingerprint density at radius 2 is 1.44 bits per heavy atom. The molecule has 3 amide bonds. The summed E-state index contributed by atoms with van der Waals surface area (Å²) in [7, 11) is 0. The van der Waals surface area contributed by atoms with E-state index in [-0.39, 0.29) is 17.7 Å². The summed E-state index contributed by atoms with van der Waals surface area (Å²) in [4.78, 5) is 38.9. The molecule has 0 spiro atoms. The van der Waals surface area contributed by atoms with Crippen LogP contribution in [0, 0.1) is 6.92 Å². The molecule has 132 valence electrons. The number of carbonyl (C=O) groups is 3. The normalized spacial score (nSPS) is 12.9. The molecule has 5 heteroatoms. The first-order valence-electron chi connectivity index (χ1n) is 8.51. The highest BCUT2D eigenvalue weighted by Gasteiger charge is 2.36. The molecule has 1 N–H and O–H groups in total. The highest BCUT2D eigenvalue weighted by molar-refractivity contribution is 6.34. The van der Waals surface area contributed by atoms with E-state index in [1.54, 1.807) is 60.7 Å². The maximum Gasteiger partial charge on any atom is 0.266 e. The van der Waals surface area contributed by atoms with Crippen LogP contribution in [0.2, 0.25) is 0 Å². The van der Waals surface area contributed by atoms with E-state index in [1.807, 2.05) is 19.1 Å². The van der Waals surface area contributed by atoms with Gasteiger partial charge < -0.3 is 5.32 Å². The molecule has 4 rings (SSSR count). The predicted octanol–water partition coefficient (Wildman–Crippen LogP) is 4.05. The number of nitrogens with one attached hydrogen (secondary N) is 1. The number of anilines is 2. The van der Waals surface area contributed by atoms with Crippen molar-refractivity contribution in [2.75, 3.05) is 10.2 Å². The predicted molar refractivity (Wildman–Crippen MR) is 103 cm³/mol. The summed E-state index contributed by atoms with van der Waals surface area (Å²) < 4.78 is 0. The van der Waals surface area contributed by atoms with Gasteiger partial charge in [-0.2, -0.15) is 0 Å². The van der Waals surface area contributed by atoms with Crippen LogP contribution in [0.5, 0.6) is 0 Å². The van der Waals surface area contributed by atoms with Gasteiger partial charge in [0.15, 0.2) is 0 Å². The van der Waals surface area contributed by atoms with Crippen LogP contribution in [0.1, 0.15) is 36.6 Å². The minimum atomic E-state index is -0.363. The van der Waals surface area contributed by atoms with Gasteiger partial charge in [0, 0.05) is 11.3 Å². The van der Waals surface area contributed by atoms with Crippen molar-refractivity contribution in [1.29, 1.82) is 0 Å². The molecular formula is C22H16N2O3.